The van der Waals surface area contributed by atoms with Crippen LogP contribution in [0.5, 0.6) is 0 Å². The fraction of sp³-hybridized carbons (Fsp3) is 0.128. The molecule has 0 unspecified atom stereocenters. The van der Waals surface area contributed by atoms with Gasteiger partial charge in [-0.2, -0.15) is 4.98 Å². The molecule has 0 aliphatic heterocycles. The Hall–Kier alpha value is -5.86. The van der Waals surface area contributed by atoms with Gasteiger partial charge in [0, 0.05) is 41.0 Å². The van der Waals surface area contributed by atoms with E-state index in [4.69, 9.17) is 4.52 Å². The van der Waals surface area contributed by atoms with Crippen molar-refractivity contribution in [2.75, 3.05) is 18.5 Å². The number of nitrogens with one attached hydrogen (secondary N) is 1. The summed E-state index contributed by atoms with van der Waals surface area (Å²) in [5.74, 6) is 0.446. The monoisotopic (exact) mass is 622 g/mol. The van der Waals surface area contributed by atoms with Crippen LogP contribution in [0.2, 0.25) is 0 Å². The van der Waals surface area contributed by atoms with Gasteiger partial charge in [-0.05, 0) is 79.1 Å². The maximum Gasteiger partial charge on any atom is 0.258 e. The maximum absolute atomic E-state index is 13.4. The van der Waals surface area contributed by atoms with Crippen molar-refractivity contribution in [2.24, 2.45) is 0 Å². The SMILES string of the molecule is Cc1ccc(C(=O)Nc2ccc(C(=O)N(CCO)Cc3ccc(-c4noc(-c5ccc(-c6ccc(C)cc6)cc5)n4)cc3)cc2)cc1. The summed E-state index contributed by atoms with van der Waals surface area (Å²) in [6, 6.07) is 38.0. The Kier molecular flexibility index (Phi) is 9.31. The Balaban J connectivity index is 1.09. The molecule has 8 nitrogen and oxygen atoms in total. The highest BCUT2D eigenvalue weighted by Gasteiger charge is 2.17. The molecule has 2 amide bonds. The van der Waals surface area contributed by atoms with Crippen LogP contribution in [0.4, 0.5) is 5.69 Å². The molecule has 6 aromatic rings. The second-order valence-corrected chi connectivity index (χ2v) is 11.4. The molecule has 8 heteroatoms. The lowest BCUT2D eigenvalue weighted by atomic mass is 10.0. The first-order valence-electron chi connectivity index (χ1n) is 15.3. The molecule has 0 saturated heterocycles. The third-order valence-electron chi connectivity index (χ3n) is 7.89. The van der Waals surface area contributed by atoms with Gasteiger partial charge in [0.05, 0.1) is 6.61 Å². The molecular formula is C39H34N4O4. The Bertz CT molecular complexity index is 1960. The normalized spacial score (nSPS) is 10.9. The predicted octanol–water partition coefficient (Wildman–Crippen LogP) is 7.57. The van der Waals surface area contributed by atoms with E-state index in [1.807, 2.05) is 67.6 Å². The summed E-state index contributed by atoms with van der Waals surface area (Å²) in [5.41, 5.74) is 8.63. The number of aliphatic hydroxyl groups excluding tert-OH is 1. The van der Waals surface area contributed by atoms with Gasteiger partial charge in [0.2, 0.25) is 5.82 Å². The molecule has 0 atom stereocenters. The van der Waals surface area contributed by atoms with E-state index in [1.54, 1.807) is 41.3 Å². The van der Waals surface area contributed by atoms with Crippen molar-refractivity contribution in [1.82, 2.24) is 15.0 Å². The molecule has 6 rings (SSSR count). The highest BCUT2D eigenvalue weighted by molar-refractivity contribution is 6.04. The number of aryl methyl sites for hydroxylation is 2. The number of aliphatic hydroxyl groups is 1. The fourth-order valence-corrected chi connectivity index (χ4v) is 5.15. The molecule has 47 heavy (non-hydrogen) atoms. The van der Waals surface area contributed by atoms with Crippen molar-refractivity contribution in [3.63, 3.8) is 0 Å². The summed E-state index contributed by atoms with van der Waals surface area (Å²) in [4.78, 5) is 32.1. The summed E-state index contributed by atoms with van der Waals surface area (Å²) in [5, 5.41) is 16.7. The molecule has 234 valence electrons. The molecule has 0 radical (unpaired) electrons. The molecule has 5 aromatic carbocycles. The van der Waals surface area contributed by atoms with Crippen LogP contribution in [-0.4, -0.2) is 45.1 Å². The molecule has 1 heterocycles. The average Bonchev–Trinajstić information content (AvgIpc) is 3.60. The van der Waals surface area contributed by atoms with Gasteiger partial charge in [-0.25, -0.2) is 0 Å². The first-order chi connectivity index (χ1) is 22.9. The Morgan fingerprint density at radius 3 is 1.83 bits per heavy atom. The van der Waals surface area contributed by atoms with Crippen LogP contribution in [0.15, 0.2) is 126 Å². The lowest BCUT2D eigenvalue weighted by molar-refractivity contribution is 0.0708. The number of aromatic nitrogens is 2. The number of carbonyl (C=O) groups is 2. The van der Waals surface area contributed by atoms with E-state index in [-0.39, 0.29) is 25.0 Å². The van der Waals surface area contributed by atoms with E-state index in [0.717, 1.165) is 33.4 Å². The van der Waals surface area contributed by atoms with Crippen LogP contribution in [0.1, 0.15) is 37.4 Å². The number of nitrogens with zero attached hydrogens (tertiary/aromatic N) is 3. The smallest absolute Gasteiger partial charge is 0.258 e. The number of amides is 2. The lowest BCUT2D eigenvalue weighted by Gasteiger charge is -2.22. The van der Waals surface area contributed by atoms with Crippen molar-refractivity contribution in [2.45, 2.75) is 20.4 Å². The molecule has 1 aromatic heterocycles. The number of hydrogen-bond acceptors (Lipinski definition) is 6. The first kappa shape index (κ1) is 31.1. The van der Waals surface area contributed by atoms with Crippen LogP contribution in [0, 0.1) is 13.8 Å². The van der Waals surface area contributed by atoms with Gasteiger partial charge in [-0.15, -0.1) is 0 Å². The van der Waals surface area contributed by atoms with Gasteiger partial charge < -0.3 is 19.8 Å². The second-order valence-electron chi connectivity index (χ2n) is 11.4. The van der Waals surface area contributed by atoms with Crippen LogP contribution < -0.4 is 5.32 Å². The van der Waals surface area contributed by atoms with Crippen LogP contribution >= 0.6 is 0 Å². The molecule has 0 bridgehead atoms. The Morgan fingerprint density at radius 2 is 1.21 bits per heavy atom. The van der Waals surface area contributed by atoms with E-state index in [1.165, 1.54) is 5.56 Å². The van der Waals surface area contributed by atoms with E-state index < -0.39 is 0 Å². The number of anilines is 1. The molecule has 0 aliphatic rings. The third kappa shape index (κ3) is 7.52. The number of benzene rings is 5. The molecular weight excluding hydrogens is 588 g/mol. The summed E-state index contributed by atoms with van der Waals surface area (Å²) in [6.45, 7) is 4.33. The van der Waals surface area contributed by atoms with Crippen LogP contribution in [0.25, 0.3) is 34.0 Å². The number of rotatable bonds is 10. The zero-order valence-corrected chi connectivity index (χ0v) is 26.2. The number of hydrogen-bond donors (Lipinski definition) is 2. The topological polar surface area (TPSA) is 109 Å². The van der Waals surface area contributed by atoms with Gasteiger partial charge in [0.25, 0.3) is 17.7 Å². The molecule has 0 spiro atoms. The van der Waals surface area contributed by atoms with Gasteiger partial charge in [0.15, 0.2) is 0 Å². The first-order valence-corrected chi connectivity index (χ1v) is 15.3. The molecule has 0 fully saturated rings. The fourth-order valence-electron chi connectivity index (χ4n) is 5.15. The molecule has 0 aliphatic carbocycles. The minimum absolute atomic E-state index is 0.170. The van der Waals surface area contributed by atoms with Crippen molar-refractivity contribution >= 4 is 17.5 Å². The van der Waals surface area contributed by atoms with E-state index >= 15 is 0 Å². The van der Waals surface area contributed by atoms with Crippen molar-refractivity contribution in [1.29, 1.82) is 0 Å². The highest BCUT2D eigenvalue weighted by atomic mass is 16.5. The van der Waals surface area contributed by atoms with Crippen molar-refractivity contribution < 1.29 is 19.2 Å². The van der Waals surface area contributed by atoms with E-state index in [2.05, 4.69) is 46.6 Å². The predicted molar refractivity (Wildman–Crippen MR) is 183 cm³/mol. The third-order valence-corrected chi connectivity index (χ3v) is 7.89. The van der Waals surface area contributed by atoms with Crippen LogP contribution in [-0.2, 0) is 6.54 Å². The zero-order chi connectivity index (χ0) is 32.8. The van der Waals surface area contributed by atoms with Gasteiger partial charge in [0.1, 0.15) is 0 Å². The summed E-state index contributed by atoms with van der Waals surface area (Å²) >= 11 is 0. The van der Waals surface area contributed by atoms with Crippen molar-refractivity contribution in [3.8, 4) is 34.0 Å². The largest absolute Gasteiger partial charge is 0.395 e. The lowest BCUT2D eigenvalue weighted by Crippen LogP contribution is -2.33. The quantitative estimate of drug-likeness (QED) is 0.163. The molecule has 0 saturated carbocycles. The molecule has 2 N–H and O–H groups in total. The summed E-state index contributed by atoms with van der Waals surface area (Å²) in [7, 11) is 0. The minimum Gasteiger partial charge on any atom is -0.395 e. The highest BCUT2D eigenvalue weighted by Crippen LogP contribution is 2.26. The summed E-state index contributed by atoms with van der Waals surface area (Å²) < 4.78 is 5.56. The Morgan fingerprint density at radius 1 is 0.681 bits per heavy atom. The maximum atomic E-state index is 13.4. The average molecular weight is 623 g/mol. The van der Waals surface area contributed by atoms with Crippen LogP contribution in [0.3, 0.4) is 0 Å². The second kappa shape index (κ2) is 14.1. The van der Waals surface area contributed by atoms with E-state index in [9.17, 15) is 14.7 Å². The van der Waals surface area contributed by atoms with Gasteiger partial charge in [-0.3, -0.25) is 9.59 Å². The van der Waals surface area contributed by atoms with E-state index in [0.29, 0.717) is 35.1 Å². The standard InChI is InChI=1S/C39H34N4O4/c1-26-3-9-29(10-4-26)30-15-17-33(18-16-30)38-41-36(42-47-38)31-13-7-28(8-14-31)25-43(23-24-44)39(46)34-19-21-35(22-20-34)40-37(45)32-11-5-27(2)6-12-32/h3-22,44H,23-25H2,1-2H3,(H,40,45). The Labute approximate surface area is 273 Å². The van der Waals surface area contributed by atoms with Gasteiger partial charge >= 0.3 is 0 Å². The summed E-state index contributed by atoms with van der Waals surface area (Å²) in [6.07, 6.45) is 0. The van der Waals surface area contributed by atoms with Crippen molar-refractivity contribution in [3.05, 3.63) is 149 Å². The number of carbonyl (C=O) groups excluding carboxylic acids is 2. The zero-order valence-electron chi connectivity index (χ0n) is 26.2. The minimum atomic E-state index is -0.226. The van der Waals surface area contributed by atoms with Gasteiger partial charge in [-0.1, -0.05) is 89.1 Å².